The van der Waals surface area contributed by atoms with Crippen LogP contribution in [0.4, 0.5) is 0 Å². The second kappa shape index (κ2) is 6.44. The van der Waals surface area contributed by atoms with E-state index in [0.717, 1.165) is 22.5 Å². The molecule has 0 amide bonds. The number of hydrogen-bond donors (Lipinski definition) is 0. The lowest BCUT2D eigenvalue weighted by Crippen LogP contribution is -2.08. The third-order valence-corrected chi connectivity index (χ3v) is 5.12. The first-order valence-corrected chi connectivity index (χ1v) is 9.40. The maximum atomic E-state index is 11.9. The summed E-state index contributed by atoms with van der Waals surface area (Å²) in [4.78, 5) is 25.7. The minimum Gasteiger partial charge on any atom is -0.271 e. The Balaban J connectivity index is 1.69. The van der Waals surface area contributed by atoms with Crippen molar-refractivity contribution in [2.75, 3.05) is 5.75 Å². The summed E-state index contributed by atoms with van der Waals surface area (Å²) in [5, 5.41) is 4.91. The summed E-state index contributed by atoms with van der Waals surface area (Å²) in [6.45, 7) is 0. The van der Waals surface area contributed by atoms with Crippen LogP contribution in [0.3, 0.4) is 0 Å². The SMILES string of the molecule is O=C1CSc2nc(-c3nc(-c4ccccc4)cc(-c4ccccc4)n3)nn21. The molecule has 0 atom stereocenters. The highest BCUT2D eigenvalue weighted by Crippen LogP contribution is 2.29. The van der Waals surface area contributed by atoms with Crippen molar-refractivity contribution in [3.05, 3.63) is 66.7 Å². The molecule has 130 valence electrons. The Hall–Kier alpha value is -3.32. The van der Waals surface area contributed by atoms with Gasteiger partial charge in [0.25, 0.3) is 5.91 Å². The van der Waals surface area contributed by atoms with Crippen LogP contribution in [0.5, 0.6) is 0 Å². The van der Waals surface area contributed by atoms with Gasteiger partial charge in [0.1, 0.15) is 0 Å². The van der Waals surface area contributed by atoms with Crippen LogP contribution in [0.1, 0.15) is 4.79 Å². The van der Waals surface area contributed by atoms with E-state index in [1.807, 2.05) is 66.7 Å². The molecule has 0 bridgehead atoms. The highest BCUT2D eigenvalue weighted by atomic mass is 32.2. The number of carbonyl (C=O) groups is 1. The average Bonchev–Trinajstić information content (AvgIpc) is 3.31. The second-order valence-corrected chi connectivity index (χ2v) is 6.95. The summed E-state index contributed by atoms with van der Waals surface area (Å²) in [5.41, 5.74) is 3.54. The number of nitrogens with zero attached hydrogens (tertiary/aromatic N) is 5. The number of thioether (sulfide) groups is 1. The fourth-order valence-corrected chi connectivity index (χ4v) is 3.69. The molecular formula is C20H13N5OS. The van der Waals surface area contributed by atoms with Gasteiger partial charge in [0.05, 0.1) is 17.1 Å². The van der Waals surface area contributed by atoms with Crippen LogP contribution in [0.15, 0.2) is 71.9 Å². The zero-order chi connectivity index (χ0) is 18.2. The fourth-order valence-electron chi connectivity index (χ4n) is 2.90. The predicted octanol–water partition coefficient (Wildman–Crippen LogP) is 3.82. The lowest BCUT2D eigenvalue weighted by Gasteiger charge is -2.07. The van der Waals surface area contributed by atoms with Crippen LogP contribution < -0.4 is 0 Å². The molecule has 27 heavy (non-hydrogen) atoms. The van der Waals surface area contributed by atoms with Gasteiger partial charge in [0.2, 0.25) is 11.6 Å². The molecule has 0 saturated heterocycles. The van der Waals surface area contributed by atoms with Crippen LogP contribution in [-0.4, -0.2) is 36.4 Å². The Bertz CT molecular complexity index is 1080. The standard InChI is InChI=1S/C20H13N5OS/c26-17-12-27-20-23-19(24-25(17)20)18-21-15(13-7-3-1-4-8-13)11-16(22-18)14-9-5-2-6-10-14/h1-11H,12H2. The van der Waals surface area contributed by atoms with E-state index in [0.29, 0.717) is 22.6 Å². The largest absolute Gasteiger partial charge is 0.271 e. The van der Waals surface area contributed by atoms with Crippen molar-refractivity contribution in [3.8, 4) is 34.2 Å². The van der Waals surface area contributed by atoms with E-state index in [1.54, 1.807) is 0 Å². The lowest BCUT2D eigenvalue weighted by molar-refractivity contribution is 0.0923. The van der Waals surface area contributed by atoms with Crippen LogP contribution in [0.25, 0.3) is 34.2 Å². The number of benzene rings is 2. The number of hydrogen-bond acceptors (Lipinski definition) is 6. The molecule has 3 heterocycles. The quantitative estimate of drug-likeness (QED) is 0.545. The minimum absolute atomic E-state index is 0.0729. The van der Waals surface area contributed by atoms with Crippen molar-refractivity contribution in [1.29, 1.82) is 0 Å². The minimum atomic E-state index is -0.0729. The van der Waals surface area contributed by atoms with Crippen LogP contribution in [0, 0.1) is 0 Å². The maximum Gasteiger partial charge on any atom is 0.259 e. The Morgan fingerprint density at radius 2 is 1.37 bits per heavy atom. The first-order chi connectivity index (χ1) is 13.3. The summed E-state index contributed by atoms with van der Waals surface area (Å²) in [5.74, 6) is 1.07. The Labute approximate surface area is 159 Å². The molecule has 6 nitrogen and oxygen atoms in total. The van der Waals surface area contributed by atoms with Gasteiger partial charge < -0.3 is 0 Å². The van der Waals surface area contributed by atoms with E-state index in [9.17, 15) is 4.79 Å². The Kier molecular flexibility index (Phi) is 3.79. The van der Waals surface area contributed by atoms with Gasteiger partial charge in [-0.2, -0.15) is 9.67 Å². The predicted molar refractivity (Wildman–Crippen MR) is 103 cm³/mol. The van der Waals surface area contributed by atoms with E-state index < -0.39 is 0 Å². The molecule has 0 unspecified atom stereocenters. The molecule has 2 aromatic heterocycles. The molecule has 1 aliphatic heterocycles. The van der Waals surface area contributed by atoms with Crippen LogP contribution in [0.2, 0.25) is 0 Å². The topological polar surface area (TPSA) is 73.6 Å². The van der Waals surface area contributed by atoms with E-state index in [-0.39, 0.29) is 5.91 Å². The third kappa shape index (κ3) is 2.92. The van der Waals surface area contributed by atoms with Gasteiger partial charge in [0, 0.05) is 11.1 Å². The van der Waals surface area contributed by atoms with Gasteiger partial charge in [-0.1, -0.05) is 72.4 Å². The monoisotopic (exact) mass is 371 g/mol. The van der Waals surface area contributed by atoms with Crippen molar-refractivity contribution in [1.82, 2.24) is 24.7 Å². The van der Waals surface area contributed by atoms with Gasteiger partial charge in [-0.15, -0.1) is 5.10 Å². The van der Waals surface area contributed by atoms with Gasteiger partial charge in [-0.25, -0.2) is 9.97 Å². The molecule has 0 spiro atoms. The smallest absolute Gasteiger partial charge is 0.259 e. The molecular weight excluding hydrogens is 358 g/mol. The molecule has 0 N–H and O–H groups in total. The highest BCUT2D eigenvalue weighted by molar-refractivity contribution is 8.00. The number of rotatable bonds is 3. The zero-order valence-electron chi connectivity index (χ0n) is 14.1. The summed E-state index contributed by atoms with van der Waals surface area (Å²) in [6.07, 6.45) is 0. The Morgan fingerprint density at radius 1 is 0.778 bits per heavy atom. The van der Waals surface area contributed by atoms with E-state index >= 15 is 0 Å². The summed E-state index contributed by atoms with van der Waals surface area (Å²) in [7, 11) is 0. The van der Waals surface area contributed by atoms with E-state index in [2.05, 4.69) is 20.1 Å². The first kappa shape index (κ1) is 15.9. The number of fused-ring (bicyclic) bond motifs is 1. The van der Waals surface area contributed by atoms with Crippen LogP contribution >= 0.6 is 11.8 Å². The molecule has 0 aliphatic carbocycles. The molecule has 0 radical (unpaired) electrons. The normalized spacial score (nSPS) is 13.0. The highest BCUT2D eigenvalue weighted by Gasteiger charge is 2.25. The molecule has 1 aliphatic rings. The molecule has 5 rings (SSSR count). The van der Waals surface area contributed by atoms with Crippen molar-refractivity contribution in [2.24, 2.45) is 0 Å². The average molecular weight is 371 g/mol. The lowest BCUT2D eigenvalue weighted by atomic mass is 10.1. The van der Waals surface area contributed by atoms with E-state index in [1.165, 1.54) is 16.4 Å². The van der Waals surface area contributed by atoms with Crippen molar-refractivity contribution in [2.45, 2.75) is 5.16 Å². The van der Waals surface area contributed by atoms with E-state index in [4.69, 9.17) is 0 Å². The number of carbonyl (C=O) groups excluding carboxylic acids is 1. The summed E-state index contributed by atoms with van der Waals surface area (Å²) < 4.78 is 1.33. The molecule has 0 fully saturated rings. The maximum absolute atomic E-state index is 11.9. The third-order valence-electron chi connectivity index (χ3n) is 4.20. The molecule has 7 heteroatoms. The van der Waals surface area contributed by atoms with Crippen molar-refractivity contribution < 1.29 is 4.79 Å². The van der Waals surface area contributed by atoms with Gasteiger partial charge >= 0.3 is 0 Å². The molecule has 0 saturated carbocycles. The molecule has 4 aromatic rings. The van der Waals surface area contributed by atoms with Gasteiger partial charge in [0.15, 0.2) is 5.16 Å². The fraction of sp³-hybridized carbons (Fsp3) is 0.0500. The zero-order valence-corrected chi connectivity index (χ0v) is 14.9. The molecule has 2 aromatic carbocycles. The summed E-state index contributed by atoms with van der Waals surface area (Å²) >= 11 is 1.38. The summed E-state index contributed by atoms with van der Waals surface area (Å²) in [6, 6.07) is 21.8. The second-order valence-electron chi connectivity index (χ2n) is 6.01. The van der Waals surface area contributed by atoms with Crippen molar-refractivity contribution >= 4 is 17.7 Å². The Morgan fingerprint density at radius 3 is 1.93 bits per heavy atom. The van der Waals surface area contributed by atoms with Gasteiger partial charge in [-0.05, 0) is 6.07 Å². The van der Waals surface area contributed by atoms with Crippen molar-refractivity contribution in [3.63, 3.8) is 0 Å². The number of aromatic nitrogens is 5. The van der Waals surface area contributed by atoms with Gasteiger partial charge in [-0.3, -0.25) is 4.79 Å². The first-order valence-electron chi connectivity index (χ1n) is 8.41. The van der Waals surface area contributed by atoms with Crippen LogP contribution in [-0.2, 0) is 0 Å².